The summed E-state index contributed by atoms with van der Waals surface area (Å²) in [5.74, 6) is 1.50. The highest BCUT2D eigenvalue weighted by Gasteiger charge is 2.05. The zero-order chi connectivity index (χ0) is 13.9. The van der Waals surface area contributed by atoms with Crippen molar-refractivity contribution in [2.24, 2.45) is 10.9 Å². The summed E-state index contributed by atoms with van der Waals surface area (Å²) in [5.41, 5.74) is 0. The highest BCUT2D eigenvalue weighted by Crippen LogP contribution is 2.13. The first-order chi connectivity index (χ1) is 9.26. The van der Waals surface area contributed by atoms with Gasteiger partial charge in [-0.05, 0) is 37.1 Å². The van der Waals surface area contributed by atoms with E-state index in [0.29, 0.717) is 5.92 Å². The third-order valence-electron chi connectivity index (χ3n) is 2.81. The summed E-state index contributed by atoms with van der Waals surface area (Å²) >= 11 is 1.83. The lowest BCUT2D eigenvalue weighted by Gasteiger charge is -2.15. The molecule has 1 aromatic rings. The molecular weight excluding hydrogens is 254 g/mol. The van der Waals surface area contributed by atoms with E-state index in [2.05, 4.69) is 52.2 Å². The largest absolute Gasteiger partial charge is 0.356 e. The van der Waals surface area contributed by atoms with E-state index in [-0.39, 0.29) is 0 Å². The Balaban J connectivity index is 2.21. The highest BCUT2D eigenvalue weighted by molar-refractivity contribution is 7.09. The molecule has 2 N–H and O–H groups in total. The van der Waals surface area contributed by atoms with Crippen LogP contribution in [0.4, 0.5) is 0 Å². The summed E-state index contributed by atoms with van der Waals surface area (Å²) in [4.78, 5) is 5.68. The molecule has 0 saturated carbocycles. The smallest absolute Gasteiger partial charge is 0.190 e. The average molecular weight is 279 g/mol. The Labute approximate surface area is 120 Å². The van der Waals surface area contributed by atoms with E-state index < -0.39 is 0 Å². The van der Waals surface area contributed by atoms with Crippen LogP contribution in [0.3, 0.4) is 0 Å². The van der Waals surface area contributed by atoms with Gasteiger partial charge in [-0.1, -0.05) is 25.1 Å². The average Bonchev–Trinajstić information content (AvgIpc) is 2.91. The zero-order valence-electron chi connectivity index (χ0n) is 12.1. The van der Waals surface area contributed by atoms with Gasteiger partial charge in [0.25, 0.3) is 0 Å². The van der Waals surface area contributed by atoms with E-state index in [9.17, 15) is 0 Å². The standard InChI is InChI=1S/C15H25N3S/c1-4-5-6-9-17-15(16-3)18-12-13(2)11-14-8-7-10-19-14/h4-5,7-8,10,13H,6,9,11-12H2,1-3H3,(H2,16,17,18). The molecule has 0 aliphatic carbocycles. The summed E-state index contributed by atoms with van der Waals surface area (Å²) in [6.45, 7) is 6.17. The first-order valence-corrected chi connectivity index (χ1v) is 7.72. The van der Waals surface area contributed by atoms with E-state index in [1.807, 2.05) is 25.3 Å². The van der Waals surface area contributed by atoms with Crippen LogP contribution >= 0.6 is 11.3 Å². The molecule has 1 unspecified atom stereocenters. The predicted molar refractivity (Wildman–Crippen MR) is 86.0 cm³/mol. The third-order valence-corrected chi connectivity index (χ3v) is 3.71. The monoisotopic (exact) mass is 279 g/mol. The molecule has 3 nitrogen and oxygen atoms in total. The van der Waals surface area contributed by atoms with Crippen molar-refractivity contribution in [3.8, 4) is 0 Å². The number of thiophene rings is 1. The molecule has 0 aromatic carbocycles. The molecule has 4 heteroatoms. The van der Waals surface area contributed by atoms with Gasteiger partial charge in [0, 0.05) is 25.0 Å². The van der Waals surface area contributed by atoms with Crippen LogP contribution in [0.15, 0.2) is 34.7 Å². The molecule has 1 aromatic heterocycles. The van der Waals surface area contributed by atoms with E-state index >= 15 is 0 Å². The molecule has 0 saturated heterocycles. The lowest BCUT2D eigenvalue weighted by molar-refractivity contribution is 0.562. The summed E-state index contributed by atoms with van der Waals surface area (Å²) in [6.07, 6.45) is 6.38. The minimum atomic E-state index is 0.604. The van der Waals surface area contributed by atoms with Crippen LogP contribution in [0.25, 0.3) is 0 Å². The van der Waals surface area contributed by atoms with Gasteiger partial charge in [-0.2, -0.15) is 0 Å². The van der Waals surface area contributed by atoms with E-state index in [1.54, 1.807) is 0 Å². The third kappa shape index (κ3) is 7.01. The molecule has 106 valence electrons. The van der Waals surface area contributed by atoms with Crippen molar-refractivity contribution in [3.05, 3.63) is 34.5 Å². The van der Waals surface area contributed by atoms with Crippen molar-refractivity contribution in [1.82, 2.24) is 10.6 Å². The molecule has 1 rings (SSSR count). The maximum Gasteiger partial charge on any atom is 0.190 e. The molecule has 1 heterocycles. The molecule has 0 bridgehead atoms. The molecule has 0 aliphatic heterocycles. The number of aliphatic imine (C=N–C) groups is 1. The number of hydrogen-bond acceptors (Lipinski definition) is 2. The molecule has 1 atom stereocenters. The topological polar surface area (TPSA) is 36.4 Å². The Hall–Kier alpha value is -1.29. The summed E-state index contributed by atoms with van der Waals surface area (Å²) in [7, 11) is 1.81. The maximum atomic E-state index is 4.23. The first kappa shape index (κ1) is 15.8. The van der Waals surface area contributed by atoms with Crippen molar-refractivity contribution in [1.29, 1.82) is 0 Å². The fourth-order valence-corrected chi connectivity index (χ4v) is 2.65. The van der Waals surface area contributed by atoms with Gasteiger partial charge in [0.15, 0.2) is 5.96 Å². The van der Waals surface area contributed by atoms with E-state index in [0.717, 1.165) is 31.9 Å². The van der Waals surface area contributed by atoms with Crippen LogP contribution in [0.5, 0.6) is 0 Å². The van der Waals surface area contributed by atoms with Crippen LogP contribution in [0.1, 0.15) is 25.1 Å². The number of allylic oxidation sites excluding steroid dienone is 1. The highest BCUT2D eigenvalue weighted by atomic mass is 32.1. The Morgan fingerprint density at radius 3 is 2.95 bits per heavy atom. The number of nitrogens with one attached hydrogen (secondary N) is 2. The van der Waals surface area contributed by atoms with Crippen LogP contribution in [0.2, 0.25) is 0 Å². The van der Waals surface area contributed by atoms with Gasteiger partial charge in [-0.3, -0.25) is 4.99 Å². The van der Waals surface area contributed by atoms with Crippen LogP contribution < -0.4 is 10.6 Å². The molecule has 0 spiro atoms. The second-order valence-corrected chi connectivity index (χ2v) is 5.66. The van der Waals surface area contributed by atoms with Crippen molar-refractivity contribution in [2.45, 2.75) is 26.7 Å². The summed E-state index contributed by atoms with van der Waals surface area (Å²) < 4.78 is 0. The molecule has 19 heavy (non-hydrogen) atoms. The number of rotatable bonds is 7. The molecule has 0 radical (unpaired) electrons. The second-order valence-electron chi connectivity index (χ2n) is 4.63. The van der Waals surface area contributed by atoms with Gasteiger partial charge < -0.3 is 10.6 Å². The fraction of sp³-hybridized carbons (Fsp3) is 0.533. The Morgan fingerprint density at radius 2 is 2.32 bits per heavy atom. The Kier molecular flexibility index (Phi) is 7.98. The SMILES string of the molecule is CC=CCCNC(=NC)NCC(C)Cc1cccs1. The molecule has 0 fully saturated rings. The Bertz CT molecular complexity index is 382. The predicted octanol–water partition coefficient (Wildman–Crippen LogP) is 3.06. The van der Waals surface area contributed by atoms with Crippen LogP contribution in [0, 0.1) is 5.92 Å². The number of nitrogens with zero attached hydrogens (tertiary/aromatic N) is 1. The van der Waals surface area contributed by atoms with Gasteiger partial charge in [0.1, 0.15) is 0 Å². The molecule has 0 aliphatic rings. The lowest BCUT2D eigenvalue weighted by atomic mass is 10.1. The van der Waals surface area contributed by atoms with Gasteiger partial charge in [0.05, 0.1) is 0 Å². The number of hydrogen-bond donors (Lipinski definition) is 2. The van der Waals surface area contributed by atoms with Crippen molar-refractivity contribution < 1.29 is 0 Å². The van der Waals surface area contributed by atoms with Gasteiger partial charge in [0.2, 0.25) is 0 Å². The zero-order valence-corrected chi connectivity index (χ0v) is 13.0. The lowest BCUT2D eigenvalue weighted by Crippen LogP contribution is -2.40. The quantitative estimate of drug-likeness (QED) is 0.348. The Morgan fingerprint density at radius 1 is 1.47 bits per heavy atom. The minimum Gasteiger partial charge on any atom is -0.356 e. The van der Waals surface area contributed by atoms with E-state index in [1.165, 1.54) is 4.88 Å². The van der Waals surface area contributed by atoms with Crippen molar-refractivity contribution >= 4 is 17.3 Å². The van der Waals surface area contributed by atoms with Gasteiger partial charge >= 0.3 is 0 Å². The fourth-order valence-electron chi connectivity index (χ4n) is 1.78. The number of guanidine groups is 1. The molecule has 0 amide bonds. The van der Waals surface area contributed by atoms with Gasteiger partial charge in [-0.25, -0.2) is 0 Å². The van der Waals surface area contributed by atoms with Gasteiger partial charge in [-0.15, -0.1) is 11.3 Å². The summed E-state index contributed by atoms with van der Waals surface area (Å²) in [5, 5.41) is 8.82. The van der Waals surface area contributed by atoms with Crippen molar-refractivity contribution in [2.75, 3.05) is 20.1 Å². The minimum absolute atomic E-state index is 0.604. The first-order valence-electron chi connectivity index (χ1n) is 6.84. The summed E-state index contributed by atoms with van der Waals surface area (Å²) in [6, 6.07) is 4.31. The van der Waals surface area contributed by atoms with Crippen molar-refractivity contribution in [3.63, 3.8) is 0 Å². The maximum absolute atomic E-state index is 4.23. The molecular formula is C15H25N3S. The van der Waals surface area contributed by atoms with E-state index in [4.69, 9.17) is 0 Å². The second kappa shape index (κ2) is 9.62. The normalized spacial score (nSPS) is 13.7. The van der Waals surface area contributed by atoms with Crippen LogP contribution in [-0.4, -0.2) is 26.1 Å². The van der Waals surface area contributed by atoms with Crippen LogP contribution in [-0.2, 0) is 6.42 Å².